The summed E-state index contributed by atoms with van der Waals surface area (Å²) >= 11 is 0. The molecule has 0 saturated heterocycles. The Morgan fingerprint density at radius 1 is 1.14 bits per heavy atom. The lowest BCUT2D eigenvalue weighted by atomic mass is 10.2. The molecule has 0 atom stereocenters. The van der Waals surface area contributed by atoms with Gasteiger partial charge in [-0.15, -0.1) is 0 Å². The zero-order valence-electron chi connectivity index (χ0n) is 4.13. The third-order valence-corrected chi connectivity index (χ3v) is 0.567. The number of rotatable bonds is 0. The summed E-state index contributed by atoms with van der Waals surface area (Å²) in [6.07, 6.45) is -4.08. The highest BCUT2D eigenvalue weighted by molar-refractivity contribution is 4.85. The van der Waals surface area contributed by atoms with Gasteiger partial charge in [0, 0.05) is 0 Å². The van der Waals surface area contributed by atoms with Gasteiger partial charge in [0.2, 0.25) is 0 Å². The van der Waals surface area contributed by atoms with Gasteiger partial charge >= 0.3 is 0 Å². The molecule has 0 bridgehead atoms. The lowest BCUT2D eigenvalue weighted by Gasteiger charge is -2.21. The average molecular weight is 111 g/mol. The van der Waals surface area contributed by atoms with Crippen molar-refractivity contribution in [2.75, 3.05) is 0 Å². The Morgan fingerprint density at radius 2 is 1.29 bits per heavy atom. The second-order valence-corrected chi connectivity index (χ2v) is 1.50. The molecule has 0 aliphatic heterocycles. The smallest absolute Gasteiger partial charge is 0.218 e. The molecule has 0 heterocycles. The van der Waals surface area contributed by atoms with E-state index in [2.05, 4.69) is 0 Å². The Kier molecular flexibility index (Phi) is 1.67. The van der Waals surface area contributed by atoms with E-state index in [1.54, 1.807) is 0 Å². The lowest BCUT2D eigenvalue weighted by molar-refractivity contribution is -0.111. The Balaban J connectivity index is 3.54. The van der Waals surface area contributed by atoms with Crippen molar-refractivity contribution in [3.05, 3.63) is 5.92 Å². The molecule has 0 aromatic rings. The third-order valence-electron chi connectivity index (χ3n) is 0.567. The van der Waals surface area contributed by atoms with Crippen LogP contribution in [0.25, 0.3) is 0 Å². The van der Waals surface area contributed by atoms with E-state index in [-0.39, 0.29) is 0 Å². The summed E-state index contributed by atoms with van der Waals surface area (Å²) in [4.78, 5) is 0. The van der Waals surface area contributed by atoms with Gasteiger partial charge in [0.05, 0.1) is 0 Å². The van der Waals surface area contributed by atoms with Crippen molar-refractivity contribution >= 4 is 0 Å². The zero-order chi connectivity index (χ0) is 6.08. The predicted molar refractivity (Wildman–Crippen MR) is 20.6 cm³/mol. The minimum Gasteiger partial charge on any atom is -0.218 e. The molecule has 0 fully saturated rings. The minimum atomic E-state index is -4.08. The van der Waals surface area contributed by atoms with Gasteiger partial charge in [-0.2, -0.15) is 13.8 Å². The molecule has 0 rings (SSSR count). The van der Waals surface area contributed by atoms with Crippen LogP contribution in [0.15, 0.2) is 0 Å². The van der Waals surface area contributed by atoms with E-state index in [1.165, 1.54) is 0 Å². The lowest BCUT2D eigenvalue weighted by Crippen LogP contribution is -2.13. The SMILES string of the molecule is C[C-](C)C(F)(F)F. The molecule has 0 aliphatic rings. The molecule has 0 spiro atoms. The fraction of sp³-hybridized carbons (Fsp3) is 0.750. The largest absolute Gasteiger partial charge is 0.272 e. The highest BCUT2D eigenvalue weighted by Crippen LogP contribution is 2.25. The van der Waals surface area contributed by atoms with Crippen LogP contribution in [0.5, 0.6) is 0 Å². The maximum absolute atomic E-state index is 11.1. The molecule has 44 valence electrons. The summed E-state index contributed by atoms with van der Waals surface area (Å²) < 4.78 is 33.4. The minimum absolute atomic E-state index is 0.507. The highest BCUT2D eigenvalue weighted by atomic mass is 19.4. The van der Waals surface area contributed by atoms with Crippen molar-refractivity contribution in [1.82, 2.24) is 0 Å². The fourth-order valence-electron chi connectivity index (χ4n) is 0. The molecule has 3 heteroatoms. The molecule has 7 heavy (non-hydrogen) atoms. The monoisotopic (exact) mass is 111 g/mol. The number of hydrogen-bond donors (Lipinski definition) is 0. The molecule has 0 aliphatic carbocycles. The molecule has 0 unspecified atom stereocenters. The molecule has 0 saturated carbocycles. The molecular weight excluding hydrogens is 105 g/mol. The quantitative estimate of drug-likeness (QED) is 0.420. The van der Waals surface area contributed by atoms with Crippen molar-refractivity contribution in [3.63, 3.8) is 0 Å². The standard InChI is InChI=1S/C4H6F3/c1-3(2)4(5,6)7/h1-2H3/q-1. The number of halogens is 3. The van der Waals surface area contributed by atoms with Crippen LogP contribution in [0.3, 0.4) is 0 Å². The number of alkyl halides is 3. The molecular formula is C4H6F3-. The van der Waals surface area contributed by atoms with Gasteiger partial charge in [-0.1, -0.05) is 0 Å². The van der Waals surface area contributed by atoms with Gasteiger partial charge < -0.3 is 0 Å². The summed E-state index contributed by atoms with van der Waals surface area (Å²) in [5.74, 6) is -0.507. The Hall–Kier alpha value is -0.210. The van der Waals surface area contributed by atoms with E-state index < -0.39 is 12.1 Å². The summed E-state index contributed by atoms with van der Waals surface area (Å²) in [5.41, 5.74) is 0. The summed E-state index contributed by atoms with van der Waals surface area (Å²) in [6, 6.07) is 0. The zero-order valence-corrected chi connectivity index (χ0v) is 4.13. The summed E-state index contributed by atoms with van der Waals surface area (Å²) in [6.45, 7) is 2.08. The first kappa shape index (κ1) is 6.79. The third kappa shape index (κ3) is 2.48. The van der Waals surface area contributed by atoms with E-state index in [4.69, 9.17) is 0 Å². The summed E-state index contributed by atoms with van der Waals surface area (Å²) in [5, 5.41) is 0. The van der Waals surface area contributed by atoms with Crippen molar-refractivity contribution in [1.29, 1.82) is 0 Å². The maximum atomic E-state index is 11.1. The van der Waals surface area contributed by atoms with Crippen molar-refractivity contribution < 1.29 is 13.2 Å². The van der Waals surface area contributed by atoms with Crippen LogP contribution in [0, 0.1) is 5.92 Å². The van der Waals surface area contributed by atoms with Crippen LogP contribution in [0.4, 0.5) is 13.2 Å². The average Bonchev–Trinajstić information content (AvgIpc) is 1.31. The first-order valence-corrected chi connectivity index (χ1v) is 1.82. The van der Waals surface area contributed by atoms with Crippen LogP contribution in [-0.4, -0.2) is 6.18 Å². The first-order chi connectivity index (χ1) is 2.94. The fourth-order valence-corrected chi connectivity index (χ4v) is 0. The van der Waals surface area contributed by atoms with E-state index in [0.717, 1.165) is 13.8 Å². The Labute approximate surface area is 40.3 Å². The molecule has 0 N–H and O–H groups in total. The molecule has 0 aromatic heterocycles. The van der Waals surface area contributed by atoms with Crippen LogP contribution in [0.1, 0.15) is 13.8 Å². The molecule has 0 radical (unpaired) electrons. The Bertz CT molecular complexity index is 52.4. The van der Waals surface area contributed by atoms with E-state index in [9.17, 15) is 13.2 Å². The van der Waals surface area contributed by atoms with Gasteiger partial charge in [0.15, 0.2) is 0 Å². The topological polar surface area (TPSA) is 0 Å². The maximum Gasteiger partial charge on any atom is 0.272 e. The van der Waals surface area contributed by atoms with Crippen molar-refractivity contribution in [3.8, 4) is 0 Å². The van der Waals surface area contributed by atoms with Crippen LogP contribution < -0.4 is 0 Å². The second-order valence-electron chi connectivity index (χ2n) is 1.50. The number of hydrogen-bond acceptors (Lipinski definition) is 0. The van der Waals surface area contributed by atoms with Gasteiger partial charge in [-0.3, -0.25) is 0 Å². The molecule has 0 amide bonds. The van der Waals surface area contributed by atoms with Gasteiger partial charge in [-0.25, -0.2) is 19.1 Å². The summed E-state index contributed by atoms with van der Waals surface area (Å²) in [7, 11) is 0. The first-order valence-electron chi connectivity index (χ1n) is 1.82. The van der Waals surface area contributed by atoms with Crippen LogP contribution in [-0.2, 0) is 0 Å². The van der Waals surface area contributed by atoms with Gasteiger partial charge in [0.25, 0.3) is 6.18 Å². The van der Waals surface area contributed by atoms with Crippen LogP contribution in [0.2, 0.25) is 0 Å². The van der Waals surface area contributed by atoms with Gasteiger partial charge in [-0.05, 0) is 0 Å². The van der Waals surface area contributed by atoms with Crippen molar-refractivity contribution in [2.45, 2.75) is 20.0 Å². The second kappa shape index (κ2) is 1.72. The molecule has 0 aromatic carbocycles. The molecule has 0 nitrogen and oxygen atoms in total. The normalized spacial score (nSPS) is 12.9. The van der Waals surface area contributed by atoms with Crippen molar-refractivity contribution in [2.24, 2.45) is 0 Å². The van der Waals surface area contributed by atoms with E-state index in [1.807, 2.05) is 0 Å². The predicted octanol–water partition coefficient (Wildman–Crippen LogP) is 2.16. The van der Waals surface area contributed by atoms with E-state index >= 15 is 0 Å². The van der Waals surface area contributed by atoms with Gasteiger partial charge in [0.1, 0.15) is 0 Å². The Morgan fingerprint density at radius 3 is 1.29 bits per heavy atom. The van der Waals surface area contributed by atoms with E-state index in [0.29, 0.717) is 0 Å². The highest BCUT2D eigenvalue weighted by Gasteiger charge is 2.18. The van der Waals surface area contributed by atoms with Crippen LogP contribution >= 0.6 is 0 Å².